The number of aromatic nitrogens is 3. The number of nitrogens with zero attached hydrogens (tertiary/aromatic N) is 4. The fourth-order valence-electron chi connectivity index (χ4n) is 4.93. The third-order valence-electron chi connectivity index (χ3n) is 6.75. The Morgan fingerprint density at radius 1 is 1.13 bits per heavy atom. The van der Waals surface area contributed by atoms with Crippen molar-refractivity contribution < 1.29 is 13.9 Å². The number of likely N-dealkylation sites (N-methyl/N-ethyl adjacent to an activating group) is 1. The molecule has 0 saturated heterocycles. The van der Waals surface area contributed by atoms with Gasteiger partial charge in [-0.1, -0.05) is 0 Å². The number of benzene rings is 2. The number of ether oxygens (including phenoxy) is 1. The minimum absolute atomic E-state index is 0.0178. The fraction of sp³-hybridized carbons (Fsp3) is 0.321. The van der Waals surface area contributed by atoms with E-state index in [1.54, 1.807) is 24.4 Å². The van der Waals surface area contributed by atoms with E-state index >= 15 is 0 Å². The first kappa shape index (κ1) is 25.5. The van der Waals surface area contributed by atoms with E-state index < -0.39 is 5.82 Å². The summed E-state index contributed by atoms with van der Waals surface area (Å²) in [7, 11) is 5.48. The van der Waals surface area contributed by atoms with E-state index in [1.165, 1.54) is 19.2 Å². The van der Waals surface area contributed by atoms with Crippen molar-refractivity contribution in [1.29, 1.82) is 0 Å². The number of carbonyl (C=O) groups excluding carboxylic acids is 1. The van der Waals surface area contributed by atoms with Gasteiger partial charge in [0.1, 0.15) is 23.0 Å². The molecule has 10 heteroatoms. The van der Waals surface area contributed by atoms with Crippen LogP contribution in [-0.4, -0.2) is 71.0 Å². The largest absolute Gasteiger partial charge is 0.495 e. The van der Waals surface area contributed by atoms with Gasteiger partial charge in [0.05, 0.1) is 29.5 Å². The van der Waals surface area contributed by atoms with Crippen molar-refractivity contribution >= 4 is 28.3 Å². The SMILES string of the molecule is COc1ccc(F)cc1N(c1cc[nH]c(=O)c1-c1nc2cc3c(cc2[nH]1)CN(CCN(C)C)C3=O)C(C)C. The molecule has 2 aromatic carbocycles. The summed E-state index contributed by atoms with van der Waals surface area (Å²) in [5.74, 6) is 0.402. The lowest BCUT2D eigenvalue weighted by Gasteiger charge is -2.31. The number of halogens is 1. The summed E-state index contributed by atoms with van der Waals surface area (Å²) in [5.41, 5.74) is 3.88. The van der Waals surface area contributed by atoms with E-state index in [0.29, 0.717) is 52.7 Å². The Balaban J connectivity index is 1.60. The minimum atomic E-state index is -0.416. The molecule has 0 spiro atoms. The van der Waals surface area contributed by atoms with E-state index in [0.717, 1.165) is 17.6 Å². The summed E-state index contributed by atoms with van der Waals surface area (Å²) in [4.78, 5) is 42.7. The zero-order chi connectivity index (χ0) is 27.1. The lowest BCUT2D eigenvalue weighted by Crippen LogP contribution is -2.31. The zero-order valence-corrected chi connectivity index (χ0v) is 22.1. The number of imidazole rings is 1. The van der Waals surface area contributed by atoms with Gasteiger partial charge in [-0.15, -0.1) is 0 Å². The van der Waals surface area contributed by atoms with Gasteiger partial charge in [0.25, 0.3) is 11.5 Å². The van der Waals surface area contributed by atoms with Gasteiger partial charge in [0.2, 0.25) is 0 Å². The van der Waals surface area contributed by atoms with E-state index in [9.17, 15) is 14.0 Å². The maximum Gasteiger partial charge on any atom is 0.261 e. The predicted octanol–water partition coefficient (Wildman–Crippen LogP) is 4.13. The smallest absolute Gasteiger partial charge is 0.261 e. The first-order valence-electron chi connectivity index (χ1n) is 12.5. The molecule has 2 aromatic heterocycles. The molecule has 0 atom stereocenters. The van der Waals surface area contributed by atoms with Crippen LogP contribution >= 0.6 is 0 Å². The molecular formula is C28H31FN6O3. The molecule has 0 radical (unpaired) electrons. The summed E-state index contributed by atoms with van der Waals surface area (Å²) in [5, 5.41) is 0. The molecule has 5 rings (SSSR count). The first-order valence-corrected chi connectivity index (χ1v) is 12.5. The summed E-state index contributed by atoms with van der Waals surface area (Å²) < 4.78 is 19.8. The molecule has 4 aromatic rings. The highest BCUT2D eigenvalue weighted by atomic mass is 19.1. The number of amides is 1. The third kappa shape index (κ3) is 4.51. The molecule has 3 heterocycles. The van der Waals surface area contributed by atoms with E-state index in [1.807, 2.05) is 48.7 Å². The maximum absolute atomic E-state index is 14.3. The molecule has 0 saturated carbocycles. The molecule has 0 fully saturated rings. The number of hydrogen-bond acceptors (Lipinski definition) is 6. The Morgan fingerprint density at radius 3 is 2.63 bits per heavy atom. The molecule has 1 aliphatic rings. The number of anilines is 2. The standard InChI is InChI=1S/C28H31FN6O3/c1-16(2)35(23-13-18(29)6-7-24(23)38-5)22-8-9-30-27(36)25(22)26-31-20-12-17-15-34(11-10-33(3)4)28(37)19(17)14-21(20)32-26/h6-9,12-14,16H,10-11,15H2,1-5H3,(H,30,36)(H,31,32). The molecule has 0 aliphatic carbocycles. The van der Waals surface area contributed by atoms with Crippen LogP contribution in [-0.2, 0) is 6.54 Å². The molecule has 0 unspecified atom stereocenters. The number of methoxy groups -OCH3 is 1. The van der Waals surface area contributed by atoms with Crippen molar-refractivity contribution in [2.75, 3.05) is 39.2 Å². The quantitative estimate of drug-likeness (QED) is 0.364. The predicted molar refractivity (Wildman–Crippen MR) is 146 cm³/mol. The second-order valence-corrected chi connectivity index (χ2v) is 9.99. The third-order valence-corrected chi connectivity index (χ3v) is 6.75. The Bertz CT molecular complexity index is 1570. The Kier molecular flexibility index (Phi) is 6.66. The van der Waals surface area contributed by atoms with Crippen LogP contribution < -0.4 is 15.2 Å². The Morgan fingerprint density at radius 2 is 1.92 bits per heavy atom. The van der Waals surface area contributed by atoms with Crippen molar-refractivity contribution in [2.24, 2.45) is 0 Å². The van der Waals surface area contributed by atoms with E-state index in [2.05, 4.69) is 9.97 Å². The molecule has 1 aliphatic heterocycles. The van der Waals surface area contributed by atoms with Crippen LogP contribution in [0, 0.1) is 5.82 Å². The molecule has 2 N–H and O–H groups in total. The highest BCUT2D eigenvalue weighted by Gasteiger charge is 2.29. The van der Waals surface area contributed by atoms with Crippen molar-refractivity contribution in [2.45, 2.75) is 26.4 Å². The van der Waals surface area contributed by atoms with Crippen LogP contribution in [0.5, 0.6) is 5.75 Å². The minimum Gasteiger partial charge on any atom is -0.495 e. The van der Waals surface area contributed by atoms with Crippen LogP contribution in [0.3, 0.4) is 0 Å². The lowest BCUT2D eigenvalue weighted by molar-refractivity contribution is 0.0768. The number of hydrogen-bond donors (Lipinski definition) is 2. The highest BCUT2D eigenvalue weighted by Crippen LogP contribution is 2.39. The maximum atomic E-state index is 14.3. The number of H-pyrrole nitrogens is 2. The fourth-order valence-corrected chi connectivity index (χ4v) is 4.93. The highest BCUT2D eigenvalue weighted by molar-refractivity contribution is 6.02. The van der Waals surface area contributed by atoms with Gasteiger partial charge >= 0.3 is 0 Å². The summed E-state index contributed by atoms with van der Waals surface area (Å²) in [6.45, 7) is 5.86. The number of aromatic amines is 2. The van der Waals surface area contributed by atoms with Crippen molar-refractivity contribution in [3.05, 3.63) is 69.9 Å². The van der Waals surface area contributed by atoms with E-state index in [-0.39, 0.29) is 17.5 Å². The second-order valence-electron chi connectivity index (χ2n) is 9.99. The zero-order valence-electron chi connectivity index (χ0n) is 22.1. The average Bonchev–Trinajstić information content (AvgIpc) is 3.41. The number of nitrogens with one attached hydrogen (secondary N) is 2. The molecule has 1 amide bonds. The molecule has 38 heavy (non-hydrogen) atoms. The number of rotatable bonds is 8. The van der Waals surface area contributed by atoms with Gasteiger partial charge in [-0.2, -0.15) is 0 Å². The van der Waals surface area contributed by atoms with Gasteiger partial charge in [-0.3, -0.25) is 9.59 Å². The molecule has 9 nitrogen and oxygen atoms in total. The molecule has 0 bridgehead atoms. The topological polar surface area (TPSA) is 97.6 Å². The number of pyridine rings is 1. The van der Waals surface area contributed by atoms with Crippen molar-refractivity contribution in [3.63, 3.8) is 0 Å². The lowest BCUT2D eigenvalue weighted by atomic mass is 10.1. The Hall–Kier alpha value is -4.18. The van der Waals surface area contributed by atoms with Crippen LogP contribution in [0.1, 0.15) is 29.8 Å². The van der Waals surface area contributed by atoms with Gasteiger partial charge in [0, 0.05) is 43.5 Å². The van der Waals surface area contributed by atoms with Crippen LogP contribution in [0.25, 0.3) is 22.4 Å². The first-order chi connectivity index (χ1) is 18.2. The van der Waals surface area contributed by atoms with Gasteiger partial charge < -0.3 is 29.4 Å². The molecule has 198 valence electrons. The summed E-state index contributed by atoms with van der Waals surface area (Å²) in [6.07, 6.45) is 1.56. The number of fused-ring (bicyclic) bond motifs is 2. The van der Waals surface area contributed by atoms with Crippen molar-refractivity contribution in [1.82, 2.24) is 24.8 Å². The summed E-state index contributed by atoms with van der Waals surface area (Å²) in [6, 6.07) is 9.62. The normalized spacial score (nSPS) is 13.2. The monoisotopic (exact) mass is 518 g/mol. The average molecular weight is 519 g/mol. The molecular weight excluding hydrogens is 487 g/mol. The van der Waals surface area contributed by atoms with E-state index in [4.69, 9.17) is 9.72 Å². The van der Waals surface area contributed by atoms with Crippen LogP contribution in [0.2, 0.25) is 0 Å². The number of carbonyl (C=O) groups is 1. The second kappa shape index (κ2) is 9.94. The van der Waals surface area contributed by atoms with Crippen LogP contribution in [0.4, 0.5) is 15.8 Å². The summed E-state index contributed by atoms with van der Waals surface area (Å²) >= 11 is 0. The van der Waals surface area contributed by atoms with Crippen LogP contribution in [0.15, 0.2) is 47.4 Å². The van der Waals surface area contributed by atoms with Gasteiger partial charge in [-0.05, 0) is 63.8 Å². The van der Waals surface area contributed by atoms with Gasteiger partial charge in [0.15, 0.2) is 0 Å². The van der Waals surface area contributed by atoms with Gasteiger partial charge in [-0.25, -0.2) is 9.37 Å². The van der Waals surface area contributed by atoms with Crippen molar-refractivity contribution in [3.8, 4) is 17.1 Å². The Labute approximate surface area is 219 Å².